The van der Waals surface area contributed by atoms with Gasteiger partial charge in [-0.1, -0.05) is 72.0 Å². The van der Waals surface area contributed by atoms with Crippen LogP contribution in [0.4, 0.5) is 0 Å². The first-order valence-corrected chi connectivity index (χ1v) is 15.2. The molecule has 0 saturated carbocycles. The molecule has 0 amide bonds. The third-order valence-corrected chi connectivity index (χ3v) is 8.72. The summed E-state index contributed by atoms with van der Waals surface area (Å²) in [4.78, 5) is 33.5. The molecule has 0 radical (unpaired) electrons. The van der Waals surface area contributed by atoms with Gasteiger partial charge in [0.2, 0.25) is 0 Å². The molecule has 0 saturated heterocycles. The van der Waals surface area contributed by atoms with E-state index in [1.54, 1.807) is 18.6 Å². The van der Waals surface area contributed by atoms with Crippen LogP contribution in [-0.4, -0.2) is 28.8 Å². The van der Waals surface area contributed by atoms with E-state index < -0.39 is 12.0 Å². The van der Waals surface area contributed by atoms with E-state index in [2.05, 4.69) is 36.7 Å². The molecule has 1 aliphatic heterocycles. The summed E-state index contributed by atoms with van der Waals surface area (Å²) in [6, 6.07) is 23.0. The van der Waals surface area contributed by atoms with E-state index in [0.717, 1.165) is 33.2 Å². The molecule has 0 aliphatic carbocycles. The minimum absolute atomic E-state index is 0.193. The van der Waals surface area contributed by atoms with Gasteiger partial charge in [0.15, 0.2) is 4.80 Å². The molecule has 7 nitrogen and oxygen atoms in total. The number of methoxy groups -OCH3 is 1. The van der Waals surface area contributed by atoms with Gasteiger partial charge in [0, 0.05) is 34.3 Å². The van der Waals surface area contributed by atoms with Crippen molar-refractivity contribution in [1.29, 1.82) is 0 Å². The van der Waals surface area contributed by atoms with Crippen molar-refractivity contribution in [2.75, 3.05) is 13.7 Å². The Labute approximate surface area is 253 Å². The summed E-state index contributed by atoms with van der Waals surface area (Å²) >= 11 is 1.32. The Morgan fingerprint density at radius 3 is 2.53 bits per heavy atom. The molecule has 3 heterocycles. The SMILES string of the molecule is CCOC(=O)C1=C(c2ccccc2)N=c2s/c(=C/c3cn(C(C)C)c4ccccc34)c(=O)n2[C@H]1c1ccc(C)c(OC)c1. The number of nitrogens with zero attached hydrogens (tertiary/aromatic N) is 3. The second kappa shape index (κ2) is 11.5. The summed E-state index contributed by atoms with van der Waals surface area (Å²) in [7, 11) is 1.61. The second-order valence-corrected chi connectivity index (χ2v) is 11.8. The van der Waals surface area contributed by atoms with Crippen LogP contribution in [0.25, 0.3) is 22.7 Å². The molecule has 0 spiro atoms. The van der Waals surface area contributed by atoms with E-state index in [4.69, 9.17) is 14.5 Å². The minimum Gasteiger partial charge on any atom is -0.496 e. The number of para-hydroxylation sites is 1. The summed E-state index contributed by atoms with van der Waals surface area (Å²) < 4.78 is 15.6. The Morgan fingerprint density at radius 1 is 1.07 bits per heavy atom. The smallest absolute Gasteiger partial charge is 0.338 e. The lowest BCUT2D eigenvalue weighted by molar-refractivity contribution is -0.138. The maximum atomic E-state index is 14.3. The number of aromatic nitrogens is 2. The number of rotatable bonds is 7. The van der Waals surface area contributed by atoms with E-state index in [1.807, 2.05) is 73.7 Å². The van der Waals surface area contributed by atoms with Gasteiger partial charge in [-0.3, -0.25) is 9.36 Å². The first-order chi connectivity index (χ1) is 20.8. The second-order valence-electron chi connectivity index (χ2n) is 10.8. The maximum absolute atomic E-state index is 14.3. The van der Waals surface area contributed by atoms with Gasteiger partial charge in [-0.2, -0.15) is 0 Å². The van der Waals surface area contributed by atoms with Gasteiger partial charge in [0.1, 0.15) is 5.75 Å². The molecular weight excluding hydrogens is 558 g/mol. The van der Waals surface area contributed by atoms with Gasteiger partial charge in [0.25, 0.3) is 5.56 Å². The fourth-order valence-corrected chi connectivity index (χ4v) is 6.67. The Balaban J connectivity index is 1.67. The largest absolute Gasteiger partial charge is 0.496 e. The van der Waals surface area contributed by atoms with Crippen LogP contribution in [-0.2, 0) is 9.53 Å². The van der Waals surface area contributed by atoms with Crippen LogP contribution >= 0.6 is 11.3 Å². The molecule has 0 unspecified atom stereocenters. The molecule has 6 rings (SSSR count). The van der Waals surface area contributed by atoms with E-state index in [1.165, 1.54) is 11.3 Å². The molecule has 0 fully saturated rings. The average Bonchev–Trinajstić information content (AvgIpc) is 3.54. The lowest BCUT2D eigenvalue weighted by atomic mass is 9.92. The van der Waals surface area contributed by atoms with Crippen molar-refractivity contribution in [1.82, 2.24) is 9.13 Å². The van der Waals surface area contributed by atoms with Gasteiger partial charge >= 0.3 is 5.97 Å². The number of carbonyl (C=O) groups excluding carboxylic acids is 1. The predicted molar refractivity (Wildman–Crippen MR) is 171 cm³/mol. The van der Waals surface area contributed by atoms with Crippen molar-refractivity contribution in [3.8, 4) is 5.75 Å². The van der Waals surface area contributed by atoms with Crippen molar-refractivity contribution in [3.05, 3.63) is 127 Å². The summed E-state index contributed by atoms with van der Waals surface area (Å²) in [5, 5.41) is 1.07. The molecule has 5 aromatic rings. The number of benzene rings is 3. The number of carbonyl (C=O) groups is 1. The van der Waals surface area contributed by atoms with Crippen molar-refractivity contribution in [2.24, 2.45) is 4.99 Å². The summed E-state index contributed by atoms with van der Waals surface area (Å²) in [6.07, 6.45) is 4.03. The molecule has 2 aromatic heterocycles. The third kappa shape index (κ3) is 5.02. The van der Waals surface area contributed by atoms with E-state index in [-0.39, 0.29) is 18.2 Å². The van der Waals surface area contributed by atoms with Crippen molar-refractivity contribution in [3.63, 3.8) is 0 Å². The number of hydrogen-bond acceptors (Lipinski definition) is 6. The standard InChI is InChI=1S/C35H33N3O4S/c1-6-42-34(40)30-31(23-12-8-7-9-13-23)36-35-38(32(30)24-17-16-22(4)28(18-24)41-5)33(39)29(43-35)19-25-20-37(21(2)3)27-15-11-10-14-26(25)27/h7-21,32H,6H2,1-5H3/b29-19+/t32-/m0/s1. The molecule has 1 aliphatic rings. The van der Waals surface area contributed by atoms with Crippen molar-refractivity contribution in [2.45, 2.75) is 39.8 Å². The van der Waals surface area contributed by atoms with E-state index >= 15 is 0 Å². The van der Waals surface area contributed by atoms with Gasteiger partial charge in [-0.25, -0.2) is 9.79 Å². The van der Waals surface area contributed by atoms with Crippen LogP contribution in [0.15, 0.2) is 94.4 Å². The Kier molecular flexibility index (Phi) is 7.62. The lowest BCUT2D eigenvalue weighted by Gasteiger charge is -2.26. The number of hydrogen-bond donors (Lipinski definition) is 0. The highest BCUT2D eigenvalue weighted by Gasteiger charge is 2.35. The molecule has 3 aromatic carbocycles. The topological polar surface area (TPSA) is 74.8 Å². The first kappa shape index (κ1) is 28.4. The van der Waals surface area contributed by atoms with Crippen molar-refractivity contribution >= 4 is 40.0 Å². The zero-order chi connectivity index (χ0) is 30.2. The summed E-state index contributed by atoms with van der Waals surface area (Å²) in [5.74, 6) is 0.159. The monoisotopic (exact) mass is 591 g/mol. The minimum atomic E-state index is -0.765. The highest BCUT2D eigenvalue weighted by molar-refractivity contribution is 7.07. The molecule has 43 heavy (non-hydrogen) atoms. The molecule has 0 bridgehead atoms. The number of ether oxygens (including phenoxy) is 2. The third-order valence-electron chi connectivity index (χ3n) is 7.74. The number of aryl methyl sites for hydroxylation is 1. The first-order valence-electron chi connectivity index (χ1n) is 14.3. The molecule has 0 N–H and O–H groups in total. The maximum Gasteiger partial charge on any atom is 0.338 e. The van der Waals surface area contributed by atoms with Gasteiger partial charge < -0.3 is 14.0 Å². The summed E-state index contributed by atoms with van der Waals surface area (Å²) in [6.45, 7) is 8.20. The van der Waals surface area contributed by atoms with Crippen LogP contribution < -0.4 is 19.6 Å². The highest BCUT2D eigenvalue weighted by Crippen LogP contribution is 2.37. The fourth-order valence-electron chi connectivity index (χ4n) is 5.68. The normalized spacial score (nSPS) is 15.1. The van der Waals surface area contributed by atoms with E-state index in [0.29, 0.717) is 26.4 Å². The zero-order valence-electron chi connectivity index (χ0n) is 24.8. The quantitative estimate of drug-likeness (QED) is 0.225. The van der Waals surface area contributed by atoms with Crippen LogP contribution in [0, 0.1) is 6.92 Å². The average molecular weight is 592 g/mol. The molecule has 1 atom stereocenters. The van der Waals surface area contributed by atoms with Crippen LogP contribution in [0.1, 0.15) is 55.1 Å². The Bertz CT molecular complexity index is 2070. The number of fused-ring (bicyclic) bond motifs is 2. The van der Waals surface area contributed by atoms with Crippen molar-refractivity contribution < 1.29 is 14.3 Å². The molecule has 218 valence electrons. The lowest BCUT2D eigenvalue weighted by Crippen LogP contribution is -2.40. The van der Waals surface area contributed by atoms with Gasteiger partial charge in [0.05, 0.1) is 35.6 Å². The Morgan fingerprint density at radius 2 is 1.81 bits per heavy atom. The van der Waals surface area contributed by atoms with Gasteiger partial charge in [-0.15, -0.1) is 0 Å². The van der Waals surface area contributed by atoms with E-state index in [9.17, 15) is 9.59 Å². The van der Waals surface area contributed by atoms with Crippen LogP contribution in [0.2, 0.25) is 0 Å². The van der Waals surface area contributed by atoms with Crippen LogP contribution in [0.3, 0.4) is 0 Å². The predicted octanol–water partition coefficient (Wildman–Crippen LogP) is 5.79. The number of esters is 1. The van der Waals surface area contributed by atoms with Gasteiger partial charge in [-0.05, 0) is 57.0 Å². The number of thiazole rings is 1. The Hall–Kier alpha value is -4.69. The summed E-state index contributed by atoms with van der Waals surface area (Å²) in [5.41, 5.74) is 5.11. The molecule has 8 heteroatoms. The zero-order valence-corrected chi connectivity index (χ0v) is 25.6. The molecular formula is C35H33N3O4S. The van der Waals surface area contributed by atoms with Crippen LogP contribution in [0.5, 0.6) is 5.75 Å². The fraction of sp³-hybridized carbons (Fsp3) is 0.229. The highest BCUT2D eigenvalue weighted by atomic mass is 32.1.